The summed E-state index contributed by atoms with van der Waals surface area (Å²) in [4.78, 5) is 28.3. The van der Waals surface area contributed by atoms with Gasteiger partial charge < -0.3 is 9.64 Å². The molecule has 1 aliphatic rings. The van der Waals surface area contributed by atoms with Crippen molar-refractivity contribution in [1.29, 1.82) is 0 Å². The standard InChI is InChI=1S/C26H24N2O5S2/c1-3-4-8-19-12-14-21(15-13-19)35(31,32)28-17-20-9-5-6-10-22(20)27(18-23(28)26(30)33-2)25(29)24-11-7-16-34-24/h5-7,9-16,23H,8,17-18H2,1-2H3. The maximum Gasteiger partial charge on any atom is 0.326 e. The van der Waals surface area contributed by atoms with Crippen LogP contribution in [-0.2, 0) is 32.5 Å². The summed E-state index contributed by atoms with van der Waals surface area (Å²) >= 11 is 1.28. The molecule has 0 radical (unpaired) electrons. The van der Waals surface area contributed by atoms with E-state index in [1.807, 2.05) is 0 Å². The molecule has 35 heavy (non-hydrogen) atoms. The second kappa shape index (κ2) is 10.4. The van der Waals surface area contributed by atoms with E-state index in [9.17, 15) is 18.0 Å². The lowest BCUT2D eigenvalue weighted by Crippen LogP contribution is -2.50. The van der Waals surface area contributed by atoms with Crippen molar-refractivity contribution in [3.8, 4) is 11.8 Å². The summed E-state index contributed by atoms with van der Waals surface area (Å²) in [6, 6.07) is 15.8. The lowest BCUT2D eigenvalue weighted by atomic mass is 10.1. The van der Waals surface area contributed by atoms with Crippen molar-refractivity contribution < 1.29 is 22.7 Å². The number of hydrogen-bond donors (Lipinski definition) is 0. The van der Waals surface area contributed by atoms with E-state index in [1.54, 1.807) is 60.8 Å². The van der Waals surface area contributed by atoms with Crippen LogP contribution in [-0.4, -0.2) is 44.3 Å². The van der Waals surface area contributed by atoms with Gasteiger partial charge in [0.2, 0.25) is 10.0 Å². The van der Waals surface area contributed by atoms with Crippen LogP contribution in [0.25, 0.3) is 0 Å². The zero-order valence-corrected chi connectivity index (χ0v) is 20.9. The van der Waals surface area contributed by atoms with E-state index in [4.69, 9.17) is 4.74 Å². The van der Waals surface area contributed by atoms with Gasteiger partial charge in [0.1, 0.15) is 6.04 Å². The monoisotopic (exact) mass is 508 g/mol. The number of carbonyl (C=O) groups excluding carboxylic acids is 2. The Morgan fingerprint density at radius 1 is 1.09 bits per heavy atom. The molecule has 0 fully saturated rings. The van der Waals surface area contributed by atoms with Crippen LogP contribution in [0.3, 0.4) is 0 Å². The highest BCUT2D eigenvalue weighted by molar-refractivity contribution is 7.89. The van der Waals surface area contributed by atoms with Gasteiger partial charge in [-0.1, -0.05) is 42.3 Å². The molecule has 1 amide bonds. The number of thiophene rings is 1. The summed E-state index contributed by atoms with van der Waals surface area (Å²) in [6.45, 7) is 1.48. The quantitative estimate of drug-likeness (QED) is 0.388. The number of benzene rings is 2. The van der Waals surface area contributed by atoms with E-state index in [2.05, 4.69) is 11.8 Å². The van der Waals surface area contributed by atoms with Crippen LogP contribution < -0.4 is 4.90 Å². The van der Waals surface area contributed by atoms with Gasteiger partial charge in [-0.2, -0.15) is 4.31 Å². The molecule has 0 spiro atoms. The Bertz CT molecular complexity index is 1390. The number of nitrogens with zero attached hydrogens (tertiary/aromatic N) is 2. The molecule has 1 unspecified atom stereocenters. The highest BCUT2D eigenvalue weighted by Gasteiger charge is 2.42. The van der Waals surface area contributed by atoms with Gasteiger partial charge in [0.25, 0.3) is 5.91 Å². The summed E-state index contributed by atoms with van der Waals surface area (Å²) < 4.78 is 33.7. The Morgan fingerprint density at radius 2 is 1.83 bits per heavy atom. The minimum atomic E-state index is -4.11. The van der Waals surface area contributed by atoms with Crippen molar-refractivity contribution in [2.45, 2.75) is 30.8 Å². The molecule has 7 nitrogen and oxygen atoms in total. The first-order chi connectivity index (χ1) is 16.9. The van der Waals surface area contributed by atoms with Crippen molar-refractivity contribution in [2.24, 2.45) is 0 Å². The van der Waals surface area contributed by atoms with Crippen molar-refractivity contribution in [3.05, 3.63) is 82.0 Å². The van der Waals surface area contributed by atoms with Crippen LogP contribution in [0.5, 0.6) is 0 Å². The molecule has 2 aromatic carbocycles. The summed E-state index contributed by atoms with van der Waals surface area (Å²) in [5.74, 6) is 4.73. The Balaban J connectivity index is 1.78. The summed E-state index contributed by atoms with van der Waals surface area (Å²) in [5.41, 5.74) is 2.06. The smallest absolute Gasteiger partial charge is 0.326 e. The van der Waals surface area contributed by atoms with E-state index < -0.39 is 22.0 Å². The molecule has 1 aliphatic heterocycles. The number of sulfonamides is 1. The van der Waals surface area contributed by atoms with Gasteiger partial charge >= 0.3 is 5.97 Å². The molecular weight excluding hydrogens is 484 g/mol. The minimum Gasteiger partial charge on any atom is -0.468 e. The van der Waals surface area contributed by atoms with Gasteiger partial charge in [0.15, 0.2) is 0 Å². The molecule has 4 rings (SSSR count). The summed E-state index contributed by atoms with van der Waals surface area (Å²) in [6.07, 6.45) is 0.512. The Kier molecular flexibility index (Phi) is 7.36. The Labute approximate surface area is 209 Å². The largest absolute Gasteiger partial charge is 0.468 e. The number of rotatable bonds is 5. The number of amides is 1. The van der Waals surface area contributed by atoms with E-state index in [-0.39, 0.29) is 23.9 Å². The number of methoxy groups -OCH3 is 1. The van der Waals surface area contributed by atoms with E-state index >= 15 is 0 Å². The van der Waals surface area contributed by atoms with Gasteiger partial charge in [-0.25, -0.2) is 8.42 Å². The topological polar surface area (TPSA) is 84.0 Å². The maximum absolute atomic E-state index is 13.8. The summed E-state index contributed by atoms with van der Waals surface area (Å²) in [7, 11) is -2.90. The fraction of sp³-hybridized carbons (Fsp3) is 0.231. The SMILES string of the molecule is CC#CCc1ccc(S(=O)(=O)N2Cc3ccccc3N(C(=O)c3cccs3)CC2C(=O)OC)cc1. The molecule has 9 heteroatoms. The molecule has 1 aromatic heterocycles. The van der Waals surface area contributed by atoms with Gasteiger partial charge in [0, 0.05) is 18.7 Å². The third-order valence-electron chi connectivity index (χ3n) is 5.76. The van der Waals surface area contributed by atoms with Gasteiger partial charge in [-0.3, -0.25) is 9.59 Å². The lowest BCUT2D eigenvalue weighted by Gasteiger charge is -2.29. The van der Waals surface area contributed by atoms with Crippen molar-refractivity contribution in [3.63, 3.8) is 0 Å². The van der Waals surface area contributed by atoms with E-state index in [0.717, 1.165) is 9.87 Å². The number of fused-ring (bicyclic) bond motifs is 1. The molecule has 2 heterocycles. The highest BCUT2D eigenvalue weighted by atomic mass is 32.2. The zero-order chi connectivity index (χ0) is 25.0. The minimum absolute atomic E-state index is 0.0510. The number of carbonyl (C=O) groups is 2. The molecule has 180 valence electrons. The second-order valence-electron chi connectivity index (χ2n) is 7.86. The van der Waals surface area contributed by atoms with Crippen LogP contribution in [0.15, 0.2) is 70.9 Å². The van der Waals surface area contributed by atoms with E-state index in [1.165, 1.54) is 35.5 Å². The first-order valence-corrected chi connectivity index (χ1v) is 13.2. The second-order valence-corrected chi connectivity index (χ2v) is 10.7. The van der Waals surface area contributed by atoms with Crippen molar-refractivity contribution >= 4 is 38.9 Å². The normalized spacial score (nSPS) is 15.9. The molecular formula is C26H24N2O5S2. The van der Waals surface area contributed by atoms with Crippen LogP contribution in [0, 0.1) is 11.8 Å². The molecule has 0 saturated heterocycles. The van der Waals surface area contributed by atoms with Crippen molar-refractivity contribution in [1.82, 2.24) is 4.31 Å². The first-order valence-electron chi connectivity index (χ1n) is 10.9. The number of ether oxygens (including phenoxy) is 1. The predicted molar refractivity (Wildman–Crippen MR) is 135 cm³/mol. The van der Waals surface area contributed by atoms with E-state index in [0.29, 0.717) is 22.5 Å². The molecule has 0 bridgehead atoms. The Morgan fingerprint density at radius 3 is 2.49 bits per heavy atom. The number of hydrogen-bond acceptors (Lipinski definition) is 6. The highest BCUT2D eigenvalue weighted by Crippen LogP contribution is 2.33. The maximum atomic E-state index is 13.8. The van der Waals surface area contributed by atoms with Crippen LogP contribution in [0.2, 0.25) is 0 Å². The summed E-state index contributed by atoms with van der Waals surface area (Å²) in [5, 5.41) is 1.79. The third-order valence-corrected chi connectivity index (χ3v) is 8.49. The van der Waals surface area contributed by atoms with Gasteiger partial charge in [0.05, 0.1) is 23.4 Å². The fourth-order valence-electron chi connectivity index (χ4n) is 3.96. The molecule has 0 aliphatic carbocycles. The first kappa shape index (κ1) is 24.7. The molecule has 0 saturated carbocycles. The third kappa shape index (κ3) is 5.00. The number of para-hydroxylation sites is 1. The van der Waals surface area contributed by atoms with Crippen molar-refractivity contribution in [2.75, 3.05) is 18.6 Å². The lowest BCUT2D eigenvalue weighted by molar-refractivity contribution is -0.144. The molecule has 3 aromatic rings. The number of anilines is 1. The zero-order valence-electron chi connectivity index (χ0n) is 19.3. The van der Waals surface area contributed by atoms with Gasteiger partial charge in [-0.05, 0) is 47.7 Å². The van der Waals surface area contributed by atoms with Gasteiger partial charge in [-0.15, -0.1) is 17.3 Å². The van der Waals surface area contributed by atoms with Crippen LogP contribution in [0.4, 0.5) is 5.69 Å². The molecule has 0 N–H and O–H groups in total. The van der Waals surface area contributed by atoms with Crippen LogP contribution in [0.1, 0.15) is 27.7 Å². The average molecular weight is 509 g/mol. The average Bonchev–Trinajstić information content (AvgIpc) is 3.36. The predicted octanol–water partition coefficient (Wildman–Crippen LogP) is 3.71. The molecule has 1 atom stereocenters. The Hall–Kier alpha value is -3.45. The van der Waals surface area contributed by atoms with Crippen LogP contribution >= 0.6 is 11.3 Å². The number of esters is 1. The fourth-order valence-corrected chi connectivity index (χ4v) is 6.18.